The van der Waals surface area contributed by atoms with Crippen LogP contribution in [-0.2, 0) is 12.8 Å². The van der Waals surface area contributed by atoms with Crippen LogP contribution < -0.4 is 5.32 Å². The van der Waals surface area contributed by atoms with E-state index >= 15 is 0 Å². The van der Waals surface area contributed by atoms with Crippen LogP contribution in [-0.4, -0.2) is 0 Å². The van der Waals surface area contributed by atoms with Crippen LogP contribution in [0.4, 0.5) is 11.4 Å². The van der Waals surface area contributed by atoms with Gasteiger partial charge in [-0.25, -0.2) is 0 Å². The molecule has 0 bridgehead atoms. The summed E-state index contributed by atoms with van der Waals surface area (Å²) >= 11 is 0. The number of para-hydroxylation sites is 1. The van der Waals surface area contributed by atoms with Crippen molar-refractivity contribution in [1.82, 2.24) is 0 Å². The average molecular weight is 271 g/mol. The van der Waals surface area contributed by atoms with Crippen LogP contribution in [0, 0.1) is 0 Å². The molecule has 1 N–H and O–H groups in total. The summed E-state index contributed by atoms with van der Waals surface area (Å²) < 4.78 is 0. The molecule has 0 radical (unpaired) electrons. The molecule has 1 aliphatic rings. The summed E-state index contributed by atoms with van der Waals surface area (Å²) in [6.45, 7) is 0. The molecule has 3 aromatic rings. The molecule has 1 heterocycles. The highest BCUT2D eigenvalue weighted by atomic mass is 14.9. The van der Waals surface area contributed by atoms with E-state index in [0.717, 1.165) is 12.8 Å². The summed E-state index contributed by atoms with van der Waals surface area (Å²) in [5, 5.41) is 3.57. The fraction of sp³-hybridized carbons (Fsp3) is 0.100. The van der Waals surface area contributed by atoms with Crippen LogP contribution in [0.5, 0.6) is 0 Å². The van der Waals surface area contributed by atoms with Crippen LogP contribution in [0.15, 0.2) is 72.8 Å². The maximum atomic E-state index is 3.57. The SMILES string of the molecule is c1ccc(Cc2cccc3c2Cc2ccccc2N3)cc1. The van der Waals surface area contributed by atoms with Gasteiger partial charge in [0.15, 0.2) is 0 Å². The van der Waals surface area contributed by atoms with Crippen molar-refractivity contribution in [3.63, 3.8) is 0 Å². The van der Waals surface area contributed by atoms with Gasteiger partial charge in [0.25, 0.3) is 0 Å². The molecule has 0 fully saturated rings. The molecule has 1 aliphatic heterocycles. The van der Waals surface area contributed by atoms with Crippen LogP contribution in [0.25, 0.3) is 0 Å². The summed E-state index contributed by atoms with van der Waals surface area (Å²) in [7, 11) is 0. The summed E-state index contributed by atoms with van der Waals surface area (Å²) in [4.78, 5) is 0. The van der Waals surface area contributed by atoms with Crippen molar-refractivity contribution in [2.24, 2.45) is 0 Å². The van der Waals surface area contributed by atoms with Gasteiger partial charge in [-0.3, -0.25) is 0 Å². The maximum absolute atomic E-state index is 3.57. The molecule has 102 valence electrons. The third-order valence-corrected chi connectivity index (χ3v) is 4.16. The minimum Gasteiger partial charge on any atom is -0.355 e. The fourth-order valence-electron chi connectivity index (χ4n) is 3.07. The first-order valence-corrected chi connectivity index (χ1v) is 7.40. The van der Waals surface area contributed by atoms with E-state index < -0.39 is 0 Å². The third kappa shape index (κ3) is 2.31. The zero-order valence-corrected chi connectivity index (χ0v) is 11.8. The van der Waals surface area contributed by atoms with E-state index in [0.29, 0.717) is 0 Å². The second-order valence-corrected chi connectivity index (χ2v) is 5.56. The summed E-state index contributed by atoms with van der Waals surface area (Å²) in [5.74, 6) is 0. The number of benzene rings is 3. The van der Waals surface area contributed by atoms with Gasteiger partial charge in [-0.2, -0.15) is 0 Å². The number of rotatable bonds is 2. The molecule has 0 atom stereocenters. The Morgan fingerprint density at radius 3 is 2.38 bits per heavy atom. The lowest BCUT2D eigenvalue weighted by Gasteiger charge is -2.23. The topological polar surface area (TPSA) is 12.0 Å². The van der Waals surface area contributed by atoms with E-state index in [1.54, 1.807) is 0 Å². The summed E-state index contributed by atoms with van der Waals surface area (Å²) in [5.41, 5.74) is 8.08. The van der Waals surface area contributed by atoms with Gasteiger partial charge in [0, 0.05) is 17.8 Å². The highest BCUT2D eigenvalue weighted by molar-refractivity contribution is 5.72. The van der Waals surface area contributed by atoms with Gasteiger partial charge < -0.3 is 5.32 Å². The predicted octanol–water partition coefficient (Wildman–Crippen LogP) is 4.93. The van der Waals surface area contributed by atoms with E-state index in [4.69, 9.17) is 0 Å². The lowest BCUT2D eigenvalue weighted by Crippen LogP contribution is -2.09. The molecule has 0 aromatic heterocycles. The van der Waals surface area contributed by atoms with E-state index in [9.17, 15) is 0 Å². The Labute approximate surface area is 125 Å². The molecule has 1 nitrogen and oxygen atoms in total. The molecule has 0 amide bonds. The standard InChI is InChI=1S/C20H17N/c1-2-7-15(8-3-1)13-16-10-6-12-20-18(16)14-17-9-4-5-11-19(17)21-20/h1-12,21H,13-14H2. The predicted molar refractivity (Wildman–Crippen MR) is 88.2 cm³/mol. The van der Waals surface area contributed by atoms with E-state index in [1.807, 2.05) is 0 Å². The number of hydrogen-bond acceptors (Lipinski definition) is 1. The number of nitrogens with one attached hydrogen (secondary N) is 1. The Bertz CT molecular complexity index is 775. The maximum Gasteiger partial charge on any atom is 0.0423 e. The monoisotopic (exact) mass is 271 g/mol. The van der Waals surface area contributed by atoms with E-state index in [-0.39, 0.29) is 0 Å². The summed E-state index contributed by atoms with van der Waals surface area (Å²) in [6.07, 6.45) is 2.01. The van der Waals surface area contributed by atoms with Gasteiger partial charge in [0.05, 0.1) is 0 Å². The minimum atomic E-state index is 0.994. The van der Waals surface area contributed by atoms with E-state index in [1.165, 1.54) is 33.6 Å². The lowest BCUT2D eigenvalue weighted by atomic mass is 9.90. The zero-order valence-electron chi connectivity index (χ0n) is 11.8. The van der Waals surface area contributed by atoms with Crippen molar-refractivity contribution in [1.29, 1.82) is 0 Å². The zero-order chi connectivity index (χ0) is 14.1. The Morgan fingerprint density at radius 2 is 1.48 bits per heavy atom. The van der Waals surface area contributed by atoms with Crippen LogP contribution in [0.2, 0.25) is 0 Å². The molecule has 0 saturated heterocycles. The quantitative estimate of drug-likeness (QED) is 0.545. The van der Waals surface area contributed by atoms with Crippen LogP contribution >= 0.6 is 0 Å². The number of fused-ring (bicyclic) bond motifs is 2. The smallest absolute Gasteiger partial charge is 0.0423 e. The van der Waals surface area contributed by atoms with Gasteiger partial charge in [-0.05, 0) is 40.8 Å². The van der Waals surface area contributed by atoms with Crippen molar-refractivity contribution in [2.75, 3.05) is 5.32 Å². The molecular weight excluding hydrogens is 254 g/mol. The van der Waals surface area contributed by atoms with Crippen molar-refractivity contribution in [2.45, 2.75) is 12.8 Å². The Kier molecular flexibility index (Phi) is 2.97. The Hall–Kier alpha value is -2.54. The van der Waals surface area contributed by atoms with Crippen molar-refractivity contribution in [3.05, 3.63) is 95.1 Å². The van der Waals surface area contributed by atoms with Gasteiger partial charge in [0.2, 0.25) is 0 Å². The molecule has 3 aromatic carbocycles. The second kappa shape index (κ2) is 5.10. The van der Waals surface area contributed by atoms with Gasteiger partial charge >= 0.3 is 0 Å². The number of anilines is 2. The highest BCUT2D eigenvalue weighted by Crippen LogP contribution is 2.35. The van der Waals surface area contributed by atoms with E-state index in [2.05, 4.69) is 78.1 Å². The first-order valence-electron chi connectivity index (χ1n) is 7.40. The van der Waals surface area contributed by atoms with Gasteiger partial charge in [0.1, 0.15) is 0 Å². The van der Waals surface area contributed by atoms with Gasteiger partial charge in [-0.15, -0.1) is 0 Å². The normalized spacial score (nSPS) is 12.2. The number of hydrogen-bond donors (Lipinski definition) is 1. The Morgan fingerprint density at radius 1 is 0.714 bits per heavy atom. The fourth-order valence-corrected chi connectivity index (χ4v) is 3.07. The largest absolute Gasteiger partial charge is 0.355 e. The Balaban J connectivity index is 1.73. The molecule has 4 rings (SSSR count). The van der Waals surface area contributed by atoms with Crippen molar-refractivity contribution < 1.29 is 0 Å². The average Bonchev–Trinajstić information content (AvgIpc) is 2.54. The molecule has 1 heteroatoms. The first kappa shape index (κ1) is 12.2. The van der Waals surface area contributed by atoms with Crippen LogP contribution in [0.1, 0.15) is 22.3 Å². The first-order chi connectivity index (χ1) is 10.4. The van der Waals surface area contributed by atoms with Gasteiger partial charge in [-0.1, -0.05) is 60.7 Å². The molecule has 0 saturated carbocycles. The molecule has 0 unspecified atom stereocenters. The van der Waals surface area contributed by atoms with Crippen molar-refractivity contribution in [3.8, 4) is 0 Å². The highest BCUT2D eigenvalue weighted by Gasteiger charge is 2.16. The molecule has 0 spiro atoms. The summed E-state index contributed by atoms with van der Waals surface area (Å²) in [6, 6.07) is 25.8. The second-order valence-electron chi connectivity index (χ2n) is 5.56. The molecule has 0 aliphatic carbocycles. The van der Waals surface area contributed by atoms with Crippen LogP contribution in [0.3, 0.4) is 0 Å². The molecule has 21 heavy (non-hydrogen) atoms. The minimum absolute atomic E-state index is 0.994. The third-order valence-electron chi connectivity index (χ3n) is 4.16. The molecular formula is C20H17N. The van der Waals surface area contributed by atoms with Crippen molar-refractivity contribution >= 4 is 11.4 Å². The lowest BCUT2D eigenvalue weighted by molar-refractivity contribution is 1.07.